The zero-order valence-electron chi connectivity index (χ0n) is 21.5. The SMILES string of the molecule is Cc1ccc(C2[C@@H](C(=O)c3ccccc3)CN(CC(=O)N(C)C)C[C@@H]2C(=O)c2ccccc2)cc1C. The highest BCUT2D eigenvalue weighted by molar-refractivity contribution is 6.02. The number of aryl methyl sites for hydroxylation is 2. The van der Waals surface area contributed by atoms with E-state index in [4.69, 9.17) is 0 Å². The average Bonchev–Trinajstić information content (AvgIpc) is 2.90. The summed E-state index contributed by atoms with van der Waals surface area (Å²) in [6.07, 6.45) is 0. The van der Waals surface area contributed by atoms with Crippen molar-refractivity contribution in [2.24, 2.45) is 11.8 Å². The van der Waals surface area contributed by atoms with Gasteiger partial charge in [0.2, 0.25) is 5.91 Å². The van der Waals surface area contributed by atoms with Crippen LogP contribution in [0.25, 0.3) is 0 Å². The molecule has 1 saturated heterocycles. The Labute approximate surface area is 213 Å². The molecule has 0 N–H and O–H groups in total. The van der Waals surface area contributed by atoms with Crippen LogP contribution in [0, 0.1) is 25.7 Å². The molecule has 3 aromatic rings. The van der Waals surface area contributed by atoms with Gasteiger partial charge in [0.05, 0.1) is 6.54 Å². The van der Waals surface area contributed by atoms with Crippen molar-refractivity contribution < 1.29 is 14.4 Å². The maximum atomic E-state index is 14.0. The maximum Gasteiger partial charge on any atom is 0.236 e. The van der Waals surface area contributed by atoms with E-state index in [1.807, 2.05) is 65.6 Å². The lowest BCUT2D eigenvalue weighted by molar-refractivity contribution is -0.130. The van der Waals surface area contributed by atoms with Crippen molar-refractivity contribution in [2.45, 2.75) is 19.8 Å². The molecule has 0 unspecified atom stereocenters. The second-order valence-corrected chi connectivity index (χ2v) is 10.0. The standard InChI is InChI=1S/C31H34N2O3/c1-21-15-16-25(17-22(21)2)29-26(30(35)23-11-7-5-8-12-23)18-33(20-28(34)32(3)4)19-27(29)31(36)24-13-9-6-10-14-24/h5-17,26-27,29H,18-20H2,1-4H3/t26-,27-/m0/s1. The molecule has 1 amide bonds. The Kier molecular flexibility index (Phi) is 7.80. The molecule has 5 nitrogen and oxygen atoms in total. The van der Waals surface area contributed by atoms with E-state index in [2.05, 4.69) is 32.0 Å². The molecule has 0 radical (unpaired) electrons. The summed E-state index contributed by atoms with van der Waals surface area (Å²) < 4.78 is 0. The number of amides is 1. The highest BCUT2D eigenvalue weighted by Gasteiger charge is 2.45. The predicted molar refractivity (Wildman–Crippen MR) is 142 cm³/mol. The topological polar surface area (TPSA) is 57.7 Å². The number of rotatable bonds is 7. The zero-order chi connectivity index (χ0) is 25.8. The summed E-state index contributed by atoms with van der Waals surface area (Å²) in [6.45, 7) is 5.14. The molecule has 186 valence electrons. The van der Waals surface area contributed by atoms with Crippen molar-refractivity contribution in [3.8, 4) is 0 Å². The fourth-order valence-corrected chi connectivity index (χ4v) is 5.16. The fraction of sp³-hybridized carbons (Fsp3) is 0.323. The van der Waals surface area contributed by atoms with E-state index in [1.54, 1.807) is 19.0 Å². The number of nitrogens with zero attached hydrogens (tertiary/aromatic N) is 2. The fourth-order valence-electron chi connectivity index (χ4n) is 5.16. The van der Waals surface area contributed by atoms with Gasteiger partial charge >= 0.3 is 0 Å². The minimum atomic E-state index is -0.462. The van der Waals surface area contributed by atoms with Gasteiger partial charge in [-0.25, -0.2) is 0 Å². The maximum absolute atomic E-state index is 14.0. The van der Waals surface area contributed by atoms with Crippen LogP contribution in [0.15, 0.2) is 78.9 Å². The molecule has 36 heavy (non-hydrogen) atoms. The molecule has 2 atom stereocenters. The van der Waals surface area contributed by atoms with Crippen LogP contribution in [0.2, 0.25) is 0 Å². The van der Waals surface area contributed by atoms with Crippen LogP contribution in [0.4, 0.5) is 0 Å². The van der Waals surface area contributed by atoms with E-state index in [0.717, 1.165) is 11.1 Å². The molecule has 0 spiro atoms. The molecule has 1 aliphatic rings. The highest BCUT2D eigenvalue weighted by atomic mass is 16.2. The zero-order valence-corrected chi connectivity index (χ0v) is 21.5. The first kappa shape index (κ1) is 25.5. The lowest BCUT2D eigenvalue weighted by atomic mass is 9.68. The molecule has 0 saturated carbocycles. The molecule has 1 aliphatic heterocycles. The number of ketones is 2. The van der Waals surface area contributed by atoms with Crippen molar-refractivity contribution in [3.05, 3.63) is 107 Å². The monoisotopic (exact) mass is 482 g/mol. The van der Waals surface area contributed by atoms with Crippen molar-refractivity contribution in [3.63, 3.8) is 0 Å². The molecule has 0 bridgehead atoms. The van der Waals surface area contributed by atoms with Gasteiger partial charge in [-0.1, -0.05) is 78.9 Å². The Morgan fingerprint density at radius 2 is 1.25 bits per heavy atom. The molecule has 1 heterocycles. The van der Waals surface area contributed by atoms with Gasteiger partial charge < -0.3 is 4.90 Å². The highest BCUT2D eigenvalue weighted by Crippen LogP contribution is 2.41. The molecule has 0 aliphatic carbocycles. The number of hydrogen-bond donors (Lipinski definition) is 0. The number of likely N-dealkylation sites (N-methyl/N-ethyl adjacent to an activating group) is 1. The van der Waals surface area contributed by atoms with Crippen LogP contribution in [0.3, 0.4) is 0 Å². The van der Waals surface area contributed by atoms with Gasteiger partial charge in [-0.3, -0.25) is 19.3 Å². The quantitative estimate of drug-likeness (QED) is 0.455. The van der Waals surface area contributed by atoms with Crippen molar-refractivity contribution in [1.82, 2.24) is 9.80 Å². The first-order chi connectivity index (χ1) is 17.3. The van der Waals surface area contributed by atoms with E-state index in [1.165, 1.54) is 5.56 Å². The van der Waals surface area contributed by atoms with Crippen LogP contribution >= 0.6 is 0 Å². The van der Waals surface area contributed by atoms with Gasteiger partial charge in [0.1, 0.15) is 0 Å². The summed E-state index contributed by atoms with van der Waals surface area (Å²) in [7, 11) is 3.45. The van der Waals surface area contributed by atoms with E-state index >= 15 is 0 Å². The van der Waals surface area contributed by atoms with Crippen molar-refractivity contribution in [2.75, 3.05) is 33.7 Å². The molecule has 4 rings (SSSR count). The summed E-state index contributed by atoms with van der Waals surface area (Å²) >= 11 is 0. The van der Waals surface area contributed by atoms with Crippen molar-refractivity contribution >= 4 is 17.5 Å². The first-order valence-corrected chi connectivity index (χ1v) is 12.4. The number of carbonyl (C=O) groups excluding carboxylic acids is 3. The van der Waals surface area contributed by atoms with Gasteiger partial charge in [-0.2, -0.15) is 0 Å². The van der Waals surface area contributed by atoms with Crippen LogP contribution in [-0.4, -0.2) is 61.0 Å². The molecular formula is C31H34N2O3. The van der Waals surface area contributed by atoms with Crippen LogP contribution in [0.1, 0.15) is 43.3 Å². The Bertz CT molecular complexity index is 1180. The Morgan fingerprint density at radius 1 is 0.750 bits per heavy atom. The summed E-state index contributed by atoms with van der Waals surface area (Å²) in [5, 5.41) is 0. The van der Waals surface area contributed by atoms with Crippen LogP contribution in [0.5, 0.6) is 0 Å². The Hall–Kier alpha value is -3.57. The van der Waals surface area contributed by atoms with Gasteiger partial charge in [-0.15, -0.1) is 0 Å². The smallest absolute Gasteiger partial charge is 0.236 e. The largest absolute Gasteiger partial charge is 0.348 e. The second kappa shape index (κ2) is 11.0. The summed E-state index contributed by atoms with van der Waals surface area (Å²) in [6, 6.07) is 24.8. The third kappa shape index (κ3) is 5.47. The van der Waals surface area contributed by atoms with Crippen LogP contribution < -0.4 is 0 Å². The molecule has 5 heteroatoms. The molecule has 3 aromatic carbocycles. The van der Waals surface area contributed by atoms with Gasteiger partial charge in [-0.05, 0) is 30.5 Å². The minimum Gasteiger partial charge on any atom is -0.348 e. The molecular weight excluding hydrogens is 448 g/mol. The van der Waals surface area contributed by atoms with Crippen molar-refractivity contribution in [1.29, 1.82) is 0 Å². The number of Topliss-reactive ketones (excluding diaryl/α,β-unsaturated/α-hetero) is 2. The minimum absolute atomic E-state index is 0.00620. The van der Waals surface area contributed by atoms with E-state index < -0.39 is 11.8 Å². The first-order valence-electron chi connectivity index (χ1n) is 12.4. The third-order valence-electron chi connectivity index (χ3n) is 7.34. The predicted octanol–water partition coefficient (Wildman–Crippen LogP) is 4.79. The van der Waals surface area contributed by atoms with Gasteiger partial charge in [0.15, 0.2) is 11.6 Å². The number of hydrogen-bond acceptors (Lipinski definition) is 4. The number of piperidine rings is 1. The number of carbonyl (C=O) groups is 3. The lowest BCUT2D eigenvalue weighted by Gasteiger charge is -2.43. The molecule has 0 aromatic heterocycles. The number of likely N-dealkylation sites (tertiary alicyclic amines) is 1. The summed E-state index contributed by atoms with van der Waals surface area (Å²) in [4.78, 5) is 44.1. The lowest BCUT2D eigenvalue weighted by Crippen LogP contribution is -2.52. The summed E-state index contributed by atoms with van der Waals surface area (Å²) in [5.41, 5.74) is 4.56. The summed E-state index contributed by atoms with van der Waals surface area (Å²) in [5.74, 6) is -1.25. The molecule has 1 fully saturated rings. The van der Waals surface area contributed by atoms with Crippen LogP contribution in [-0.2, 0) is 4.79 Å². The third-order valence-corrected chi connectivity index (χ3v) is 7.34. The Balaban J connectivity index is 1.82. The van der Waals surface area contributed by atoms with E-state index in [9.17, 15) is 14.4 Å². The Morgan fingerprint density at radius 3 is 1.69 bits per heavy atom. The number of benzene rings is 3. The van der Waals surface area contributed by atoms with Gasteiger partial charge in [0, 0.05) is 56.1 Å². The van der Waals surface area contributed by atoms with E-state index in [0.29, 0.717) is 24.2 Å². The van der Waals surface area contributed by atoms with E-state index in [-0.39, 0.29) is 29.9 Å². The normalized spacial score (nSPS) is 18.6. The second-order valence-electron chi connectivity index (χ2n) is 10.0. The average molecular weight is 483 g/mol. The van der Waals surface area contributed by atoms with Gasteiger partial charge in [0.25, 0.3) is 0 Å².